The van der Waals surface area contributed by atoms with Crippen LogP contribution in [0.4, 0.5) is 13.2 Å². The molecule has 0 bridgehead atoms. The molecule has 0 saturated heterocycles. The third kappa shape index (κ3) is 4.18. The van der Waals surface area contributed by atoms with E-state index in [9.17, 15) is 23.1 Å². The molecule has 4 nitrogen and oxygen atoms in total. The Morgan fingerprint density at radius 2 is 2.07 bits per heavy atom. The topological polar surface area (TPSA) is 59.4 Å². The fourth-order valence-electron chi connectivity index (χ4n) is 3.74. The molecular weight excluding hydrogens is 415 g/mol. The fourth-order valence-corrected chi connectivity index (χ4v) is 4.53. The van der Waals surface area contributed by atoms with Gasteiger partial charge in [-0.05, 0) is 71.0 Å². The SMILES string of the molecule is O=C(O)c1ccncc1CC[C@H]1CCOc2cc(-c3csc(C(F)(F)F)c3)ccc21. The lowest BCUT2D eigenvalue weighted by molar-refractivity contribution is -0.134. The van der Waals surface area contributed by atoms with Crippen molar-refractivity contribution < 1.29 is 27.8 Å². The minimum Gasteiger partial charge on any atom is -0.493 e. The molecule has 0 amide bonds. The van der Waals surface area contributed by atoms with Gasteiger partial charge in [-0.3, -0.25) is 4.98 Å². The molecular formula is C22H18F3NO3S. The van der Waals surface area contributed by atoms with E-state index in [4.69, 9.17) is 4.74 Å². The zero-order chi connectivity index (χ0) is 21.3. The summed E-state index contributed by atoms with van der Waals surface area (Å²) in [6.45, 7) is 0.511. The summed E-state index contributed by atoms with van der Waals surface area (Å²) in [6.07, 6.45) is 0.805. The highest BCUT2D eigenvalue weighted by Crippen LogP contribution is 2.41. The number of fused-ring (bicyclic) bond motifs is 1. The van der Waals surface area contributed by atoms with Crippen LogP contribution in [0.5, 0.6) is 5.75 Å². The van der Waals surface area contributed by atoms with Crippen LogP contribution in [0.3, 0.4) is 0 Å². The number of aromatic nitrogens is 1. The first-order valence-corrected chi connectivity index (χ1v) is 10.3. The molecule has 3 aromatic rings. The van der Waals surface area contributed by atoms with Gasteiger partial charge in [-0.25, -0.2) is 4.79 Å². The second-order valence-corrected chi connectivity index (χ2v) is 8.07. The van der Waals surface area contributed by atoms with E-state index >= 15 is 0 Å². The zero-order valence-electron chi connectivity index (χ0n) is 15.8. The quantitative estimate of drug-likeness (QED) is 0.534. The maximum absolute atomic E-state index is 12.9. The van der Waals surface area contributed by atoms with E-state index in [-0.39, 0.29) is 11.5 Å². The Hall–Kier alpha value is -2.87. The minimum absolute atomic E-state index is 0.179. The molecule has 2 aromatic heterocycles. The van der Waals surface area contributed by atoms with E-state index in [1.54, 1.807) is 12.3 Å². The first kappa shape index (κ1) is 20.4. The van der Waals surface area contributed by atoms with Gasteiger partial charge in [0.1, 0.15) is 10.6 Å². The number of ether oxygens (including phenoxy) is 1. The summed E-state index contributed by atoms with van der Waals surface area (Å²) in [5.41, 5.74) is 3.14. The number of nitrogens with zero attached hydrogens (tertiary/aromatic N) is 1. The number of hydrogen-bond donors (Lipinski definition) is 1. The van der Waals surface area contributed by atoms with Crippen LogP contribution >= 0.6 is 11.3 Å². The Kier molecular flexibility index (Phi) is 5.51. The molecule has 30 heavy (non-hydrogen) atoms. The lowest BCUT2D eigenvalue weighted by atomic mass is 9.86. The summed E-state index contributed by atoms with van der Waals surface area (Å²) in [5, 5.41) is 10.8. The highest BCUT2D eigenvalue weighted by Gasteiger charge is 2.32. The number of carboxylic acids is 1. The summed E-state index contributed by atoms with van der Waals surface area (Å²) < 4.78 is 44.4. The molecule has 8 heteroatoms. The molecule has 156 valence electrons. The third-order valence-electron chi connectivity index (χ3n) is 5.29. The number of rotatable bonds is 5. The number of benzene rings is 1. The van der Waals surface area contributed by atoms with E-state index in [0.717, 1.165) is 24.5 Å². The van der Waals surface area contributed by atoms with Gasteiger partial charge < -0.3 is 9.84 Å². The summed E-state index contributed by atoms with van der Waals surface area (Å²) in [5.74, 6) is -0.121. The Morgan fingerprint density at radius 1 is 1.23 bits per heavy atom. The van der Waals surface area contributed by atoms with Crippen molar-refractivity contribution in [2.24, 2.45) is 0 Å². The van der Waals surface area contributed by atoms with Crippen molar-refractivity contribution in [3.63, 3.8) is 0 Å². The molecule has 0 unspecified atom stereocenters. The number of alkyl halides is 3. The Morgan fingerprint density at radius 3 is 2.80 bits per heavy atom. The molecule has 1 N–H and O–H groups in total. The van der Waals surface area contributed by atoms with Crippen molar-refractivity contribution in [2.45, 2.75) is 31.4 Å². The number of aromatic carboxylic acids is 1. The molecule has 1 atom stereocenters. The van der Waals surface area contributed by atoms with Gasteiger partial charge in [0.25, 0.3) is 0 Å². The zero-order valence-corrected chi connectivity index (χ0v) is 16.6. The highest BCUT2D eigenvalue weighted by molar-refractivity contribution is 7.10. The van der Waals surface area contributed by atoms with Crippen LogP contribution in [0.15, 0.2) is 48.1 Å². The van der Waals surface area contributed by atoms with Gasteiger partial charge in [0, 0.05) is 12.4 Å². The second kappa shape index (κ2) is 8.10. The summed E-state index contributed by atoms with van der Waals surface area (Å²) >= 11 is 0.679. The van der Waals surface area contributed by atoms with Gasteiger partial charge in [0.05, 0.1) is 12.2 Å². The van der Waals surface area contributed by atoms with E-state index in [1.807, 2.05) is 12.1 Å². The van der Waals surface area contributed by atoms with Crippen molar-refractivity contribution in [3.05, 3.63) is 69.7 Å². The van der Waals surface area contributed by atoms with Crippen LogP contribution in [-0.4, -0.2) is 22.7 Å². The standard InChI is InChI=1S/C22H18F3NO3S/c23-22(24,25)20-10-16(12-30-20)14-3-4-17-13(6-8-29-19(17)9-14)1-2-15-11-26-7-5-18(15)21(27)28/h3-5,7,9-13H,1-2,6,8H2,(H,27,28)/t13-/m0/s1. The van der Waals surface area contributed by atoms with Crippen LogP contribution in [-0.2, 0) is 12.6 Å². The molecule has 1 aromatic carbocycles. The number of pyridine rings is 1. The smallest absolute Gasteiger partial charge is 0.425 e. The molecule has 0 aliphatic carbocycles. The Labute approximate surface area is 175 Å². The van der Waals surface area contributed by atoms with E-state index in [1.165, 1.54) is 17.6 Å². The minimum atomic E-state index is -4.35. The van der Waals surface area contributed by atoms with Crippen LogP contribution < -0.4 is 4.74 Å². The summed E-state index contributed by atoms with van der Waals surface area (Å²) in [7, 11) is 0. The normalized spacial score (nSPS) is 16.0. The van der Waals surface area contributed by atoms with Gasteiger partial charge in [-0.2, -0.15) is 13.2 Å². The largest absolute Gasteiger partial charge is 0.493 e. The van der Waals surface area contributed by atoms with Gasteiger partial charge in [-0.1, -0.05) is 12.1 Å². The third-order valence-corrected chi connectivity index (χ3v) is 6.26. The van der Waals surface area contributed by atoms with Gasteiger partial charge >= 0.3 is 12.1 Å². The molecule has 0 fully saturated rings. The van der Waals surface area contributed by atoms with Crippen LogP contribution in [0, 0.1) is 0 Å². The monoisotopic (exact) mass is 433 g/mol. The van der Waals surface area contributed by atoms with Crippen LogP contribution in [0.1, 0.15) is 45.1 Å². The first-order chi connectivity index (χ1) is 14.3. The fraction of sp³-hybridized carbons (Fsp3) is 0.273. The predicted octanol–water partition coefficient (Wildman–Crippen LogP) is 6.03. The summed E-state index contributed by atoms with van der Waals surface area (Å²) in [4.78, 5) is 14.8. The molecule has 3 heterocycles. The van der Waals surface area contributed by atoms with E-state index in [0.29, 0.717) is 46.8 Å². The summed E-state index contributed by atoms with van der Waals surface area (Å²) in [6, 6.07) is 8.16. The number of hydrogen-bond acceptors (Lipinski definition) is 4. The molecule has 1 aliphatic heterocycles. The Bertz CT molecular complexity index is 1080. The molecule has 1 aliphatic rings. The number of aryl methyl sites for hydroxylation is 1. The number of halogens is 3. The predicted molar refractivity (Wildman–Crippen MR) is 107 cm³/mol. The second-order valence-electron chi connectivity index (χ2n) is 7.16. The van der Waals surface area contributed by atoms with Crippen molar-refractivity contribution in [2.75, 3.05) is 6.61 Å². The maximum Gasteiger partial charge on any atom is 0.425 e. The maximum atomic E-state index is 12.9. The van der Waals surface area contributed by atoms with Crippen LogP contribution in [0.2, 0.25) is 0 Å². The molecule has 0 spiro atoms. The average Bonchev–Trinajstić information content (AvgIpc) is 3.23. The lowest BCUT2D eigenvalue weighted by Crippen LogP contribution is -2.15. The number of carbonyl (C=O) groups is 1. The van der Waals surface area contributed by atoms with Gasteiger partial charge in [0.2, 0.25) is 0 Å². The van der Waals surface area contributed by atoms with E-state index in [2.05, 4.69) is 4.98 Å². The molecule has 4 rings (SSSR count). The lowest BCUT2D eigenvalue weighted by Gasteiger charge is -2.26. The highest BCUT2D eigenvalue weighted by atomic mass is 32.1. The molecule has 0 saturated carbocycles. The van der Waals surface area contributed by atoms with Crippen molar-refractivity contribution in [3.8, 4) is 16.9 Å². The van der Waals surface area contributed by atoms with Gasteiger partial charge in [0.15, 0.2) is 0 Å². The van der Waals surface area contributed by atoms with Crippen molar-refractivity contribution in [1.29, 1.82) is 0 Å². The first-order valence-electron chi connectivity index (χ1n) is 9.42. The average molecular weight is 433 g/mol. The number of carboxylic acid groups (broad SMARTS) is 1. The van der Waals surface area contributed by atoms with E-state index < -0.39 is 17.0 Å². The van der Waals surface area contributed by atoms with Crippen molar-refractivity contribution in [1.82, 2.24) is 4.98 Å². The van der Waals surface area contributed by atoms with Crippen LogP contribution in [0.25, 0.3) is 11.1 Å². The van der Waals surface area contributed by atoms with Gasteiger partial charge in [-0.15, -0.1) is 11.3 Å². The number of thiophene rings is 1. The van der Waals surface area contributed by atoms with Crippen molar-refractivity contribution >= 4 is 17.3 Å². The Balaban J connectivity index is 1.54. The molecule has 0 radical (unpaired) electrons.